The maximum absolute atomic E-state index is 9.80. The minimum Gasteiger partial charge on any atom is -0.394 e. The lowest BCUT2D eigenvalue weighted by molar-refractivity contribution is -0.302. The van der Waals surface area contributed by atoms with Crippen molar-refractivity contribution in [2.24, 2.45) is 0 Å². The molecule has 0 radical (unpaired) electrons. The van der Waals surface area contributed by atoms with Gasteiger partial charge in [0.2, 0.25) is 0 Å². The smallest absolute Gasteiger partial charge is 0.186 e. The number of aliphatic hydroxyl groups is 4. The number of thiol groups is 1. The van der Waals surface area contributed by atoms with E-state index in [1.807, 2.05) is 0 Å². The highest BCUT2D eigenvalue weighted by Gasteiger charge is 2.43. The monoisotopic (exact) mass is 416 g/mol. The third kappa shape index (κ3) is 10.3. The number of ether oxygens (including phenoxy) is 6. The molecule has 1 saturated heterocycles. The second-order valence-corrected chi connectivity index (χ2v) is 6.19. The van der Waals surface area contributed by atoms with E-state index in [2.05, 4.69) is 12.6 Å². The van der Waals surface area contributed by atoms with Gasteiger partial charge in [0.05, 0.1) is 66.1 Å². The van der Waals surface area contributed by atoms with Crippen molar-refractivity contribution in [3.63, 3.8) is 0 Å². The summed E-state index contributed by atoms with van der Waals surface area (Å²) in [7, 11) is 0. The first-order chi connectivity index (χ1) is 13.1. The van der Waals surface area contributed by atoms with Crippen molar-refractivity contribution in [2.45, 2.75) is 30.7 Å². The summed E-state index contributed by atoms with van der Waals surface area (Å²) in [4.78, 5) is 0. The molecule has 1 heterocycles. The van der Waals surface area contributed by atoms with E-state index < -0.39 is 37.3 Å². The zero-order chi connectivity index (χ0) is 19.9. The van der Waals surface area contributed by atoms with Crippen molar-refractivity contribution in [3.05, 3.63) is 0 Å². The Hall–Kier alpha value is -0.0500. The van der Waals surface area contributed by atoms with Gasteiger partial charge < -0.3 is 48.8 Å². The highest BCUT2D eigenvalue weighted by Crippen LogP contribution is 2.21. The van der Waals surface area contributed by atoms with Crippen LogP contribution in [0.5, 0.6) is 0 Å². The summed E-state index contributed by atoms with van der Waals surface area (Å²) in [6, 6.07) is 0. The lowest BCUT2D eigenvalue weighted by Crippen LogP contribution is -2.59. The molecule has 11 heteroatoms. The molecule has 0 saturated carbocycles. The van der Waals surface area contributed by atoms with E-state index in [-0.39, 0.29) is 13.2 Å². The molecule has 1 aliphatic heterocycles. The maximum Gasteiger partial charge on any atom is 0.186 e. The van der Waals surface area contributed by atoms with Gasteiger partial charge in [-0.25, -0.2) is 0 Å². The van der Waals surface area contributed by atoms with Crippen LogP contribution in [0.3, 0.4) is 0 Å². The molecule has 162 valence electrons. The van der Waals surface area contributed by atoms with Crippen molar-refractivity contribution in [1.29, 1.82) is 0 Å². The van der Waals surface area contributed by atoms with Gasteiger partial charge in [-0.05, 0) is 0 Å². The number of hydrogen-bond acceptors (Lipinski definition) is 11. The van der Waals surface area contributed by atoms with E-state index in [1.165, 1.54) is 0 Å². The predicted molar refractivity (Wildman–Crippen MR) is 96.8 cm³/mol. The van der Waals surface area contributed by atoms with Crippen molar-refractivity contribution in [3.8, 4) is 0 Å². The third-order valence-corrected chi connectivity index (χ3v) is 3.89. The zero-order valence-electron chi connectivity index (χ0n) is 15.4. The molecule has 27 heavy (non-hydrogen) atoms. The molecular weight excluding hydrogens is 384 g/mol. The summed E-state index contributed by atoms with van der Waals surface area (Å²) < 4.78 is 31.7. The molecule has 0 aromatic rings. The average Bonchev–Trinajstić information content (AvgIpc) is 2.68. The summed E-state index contributed by atoms with van der Waals surface area (Å²) in [5.74, 6) is 0.691. The van der Waals surface area contributed by atoms with Crippen molar-refractivity contribution in [1.82, 2.24) is 0 Å². The van der Waals surface area contributed by atoms with Gasteiger partial charge in [-0.2, -0.15) is 12.6 Å². The van der Waals surface area contributed by atoms with Crippen LogP contribution in [0.1, 0.15) is 0 Å². The fourth-order valence-corrected chi connectivity index (χ4v) is 2.38. The lowest BCUT2D eigenvalue weighted by Gasteiger charge is -2.39. The van der Waals surface area contributed by atoms with Gasteiger partial charge in [0, 0.05) is 5.75 Å². The topological polar surface area (TPSA) is 136 Å². The van der Waals surface area contributed by atoms with E-state index in [1.54, 1.807) is 0 Å². The molecule has 0 unspecified atom stereocenters. The molecule has 0 aliphatic carbocycles. The van der Waals surface area contributed by atoms with E-state index in [9.17, 15) is 15.3 Å². The first-order valence-electron chi connectivity index (χ1n) is 8.95. The Labute approximate surface area is 164 Å². The molecule has 1 aliphatic rings. The van der Waals surface area contributed by atoms with Crippen LogP contribution in [-0.4, -0.2) is 123 Å². The van der Waals surface area contributed by atoms with Gasteiger partial charge >= 0.3 is 0 Å². The first-order valence-corrected chi connectivity index (χ1v) is 9.59. The first kappa shape index (κ1) is 25.0. The Morgan fingerprint density at radius 1 is 0.667 bits per heavy atom. The average molecular weight is 416 g/mol. The van der Waals surface area contributed by atoms with E-state index in [4.69, 9.17) is 33.5 Å². The van der Waals surface area contributed by atoms with E-state index in [0.717, 1.165) is 0 Å². The Morgan fingerprint density at radius 2 is 1.15 bits per heavy atom. The highest BCUT2D eigenvalue weighted by molar-refractivity contribution is 7.80. The van der Waals surface area contributed by atoms with Gasteiger partial charge in [-0.15, -0.1) is 0 Å². The van der Waals surface area contributed by atoms with Crippen molar-refractivity contribution >= 4 is 12.6 Å². The number of hydrogen-bond donors (Lipinski definition) is 5. The molecule has 10 nitrogen and oxygen atoms in total. The number of aliphatic hydroxyl groups excluding tert-OH is 4. The standard InChI is InChI=1S/C16H32O10S/c17-11-12-13(18)14(19)15(20)16(26-12)25-8-7-23-4-3-21-1-2-22-5-6-24-9-10-27/h12-20,27H,1-11H2/t12-,13-,14+,15+,16+/m1/s1. The summed E-state index contributed by atoms with van der Waals surface area (Å²) >= 11 is 4.03. The molecule has 0 aromatic carbocycles. The van der Waals surface area contributed by atoms with Gasteiger partial charge in [0.1, 0.15) is 24.4 Å². The highest BCUT2D eigenvalue weighted by atomic mass is 32.1. The largest absolute Gasteiger partial charge is 0.394 e. The van der Waals surface area contributed by atoms with Crippen molar-refractivity contribution in [2.75, 3.05) is 71.8 Å². The molecule has 1 rings (SSSR count). The Morgan fingerprint density at radius 3 is 1.63 bits per heavy atom. The Balaban J connectivity index is 1.92. The van der Waals surface area contributed by atoms with E-state index >= 15 is 0 Å². The molecule has 4 N–H and O–H groups in total. The molecular formula is C16H32O10S. The molecule has 5 atom stereocenters. The van der Waals surface area contributed by atoms with E-state index in [0.29, 0.717) is 52.0 Å². The molecule has 0 bridgehead atoms. The maximum atomic E-state index is 9.80. The summed E-state index contributed by atoms with van der Waals surface area (Å²) in [6.45, 7) is 3.21. The van der Waals surface area contributed by atoms with Crippen LogP contribution in [0.4, 0.5) is 0 Å². The SMILES string of the molecule is OC[C@H]1O[C@H](OCCOCCOCCOCCOCCS)[C@@H](O)[C@@H](O)[C@@H]1O. The van der Waals surface area contributed by atoms with Crippen LogP contribution < -0.4 is 0 Å². The predicted octanol–water partition coefficient (Wildman–Crippen LogP) is -2.20. The third-order valence-electron chi connectivity index (χ3n) is 3.71. The number of rotatable bonds is 16. The lowest BCUT2D eigenvalue weighted by atomic mass is 9.99. The van der Waals surface area contributed by atoms with Crippen LogP contribution in [0.25, 0.3) is 0 Å². The normalized spacial score (nSPS) is 28.6. The van der Waals surface area contributed by atoms with Crippen LogP contribution in [-0.2, 0) is 28.4 Å². The van der Waals surface area contributed by atoms with Crippen molar-refractivity contribution < 1.29 is 48.8 Å². The van der Waals surface area contributed by atoms with Crippen LogP contribution in [0.2, 0.25) is 0 Å². The zero-order valence-corrected chi connectivity index (χ0v) is 16.2. The van der Waals surface area contributed by atoms with Crippen LogP contribution in [0, 0.1) is 0 Å². The van der Waals surface area contributed by atoms with Crippen LogP contribution in [0.15, 0.2) is 0 Å². The van der Waals surface area contributed by atoms with Gasteiger partial charge in [-0.1, -0.05) is 0 Å². The van der Waals surface area contributed by atoms with Crippen LogP contribution >= 0.6 is 12.6 Å². The fraction of sp³-hybridized carbons (Fsp3) is 1.00. The summed E-state index contributed by atoms with van der Waals surface area (Å²) in [5.41, 5.74) is 0. The van der Waals surface area contributed by atoms with Gasteiger partial charge in [0.25, 0.3) is 0 Å². The summed E-state index contributed by atoms with van der Waals surface area (Å²) in [5, 5.41) is 38.2. The molecule has 0 spiro atoms. The van der Waals surface area contributed by atoms with Gasteiger partial charge in [0.15, 0.2) is 6.29 Å². The molecule has 1 fully saturated rings. The Bertz CT molecular complexity index is 349. The summed E-state index contributed by atoms with van der Waals surface area (Å²) in [6.07, 6.45) is -6.39. The quantitative estimate of drug-likeness (QED) is 0.139. The minimum atomic E-state index is -1.45. The minimum absolute atomic E-state index is 0.109. The van der Waals surface area contributed by atoms with Gasteiger partial charge in [-0.3, -0.25) is 0 Å². The second-order valence-electron chi connectivity index (χ2n) is 5.74. The second kappa shape index (κ2) is 15.8. The fourth-order valence-electron chi connectivity index (χ4n) is 2.25. The molecule has 0 amide bonds. The Kier molecular flexibility index (Phi) is 14.6. The molecule has 0 aromatic heterocycles.